The monoisotopic (exact) mass is 393 g/mol. The first kappa shape index (κ1) is 20.0. The van der Waals surface area contributed by atoms with Gasteiger partial charge in [-0.05, 0) is 38.8 Å². The molecule has 0 amide bonds. The maximum atomic E-state index is 12.9. The first-order chi connectivity index (χ1) is 12.9. The molecule has 0 radical (unpaired) electrons. The molecule has 1 N–H and O–H groups in total. The van der Waals surface area contributed by atoms with E-state index >= 15 is 0 Å². The summed E-state index contributed by atoms with van der Waals surface area (Å²) in [5.74, 6) is 0.812. The number of benzene rings is 1. The van der Waals surface area contributed by atoms with Crippen LogP contribution in [0.1, 0.15) is 29.9 Å². The molecule has 0 saturated carbocycles. The third-order valence-corrected chi connectivity index (χ3v) is 6.78. The lowest BCUT2D eigenvalue weighted by Crippen LogP contribution is -2.51. The van der Waals surface area contributed by atoms with Crippen molar-refractivity contribution in [1.82, 2.24) is 14.8 Å². The lowest BCUT2D eigenvalue weighted by Gasteiger charge is -2.30. The molecule has 148 valence electrons. The number of aromatic nitrogens is 1. The number of nitrogens with one attached hydrogen (secondary N) is 1. The summed E-state index contributed by atoms with van der Waals surface area (Å²) in [7, 11) is -1.96. The smallest absolute Gasteiger partial charge is 0.241 e. The van der Waals surface area contributed by atoms with Gasteiger partial charge in [0.15, 0.2) is 0 Å². The zero-order valence-corrected chi connectivity index (χ0v) is 16.9. The lowest BCUT2D eigenvalue weighted by atomic mass is 9.96. The van der Waals surface area contributed by atoms with E-state index in [1.54, 1.807) is 37.4 Å². The van der Waals surface area contributed by atoms with Crippen molar-refractivity contribution in [2.24, 2.45) is 0 Å². The maximum absolute atomic E-state index is 12.9. The summed E-state index contributed by atoms with van der Waals surface area (Å²) in [6.07, 6.45) is 1.35. The zero-order valence-electron chi connectivity index (χ0n) is 16.1. The van der Waals surface area contributed by atoms with E-state index in [1.165, 1.54) is 0 Å². The molecule has 7 nitrogen and oxygen atoms in total. The highest BCUT2D eigenvalue weighted by Gasteiger charge is 2.41. The van der Waals surface area contributed by atoms with Crippen LogP contribution < -0.4 is 4.72 Å². The Morgan fingerprint density at radius 1 is 1.30 bits per heavy atom. The van der Waals surface area contributed by atoms with Crippen molar-refractivity contribution in [3.8, 4) is 0 Å². The highest BCUT2D eigenvalue weighted by Crippen LogP contribution is 2.29. The van der Waals surface area contributed by atoms with Crippen molar-refractivity contribution < 1.29 is 17.7 Å². The van der Waals surface area contributed by atoms with Crippen LogP contribution in [0.15, 0.2) is 39.8 Å². The van der Waals surface area contributed by atoms with Gasteiger partial charge in [-0.3, -0.25) is 4.90 Å². The number of ether oxygens (including phenoxy) is 1. The van der Waals surface area contributed by atoms with Gasteiger partial charge in [-0.15, -0.1) is 0 Å². The fourth-order valence-electron chi connectivity index (χ4n) is 3.62. The van der Waals surface area contributed by atoms with Crippen molar-refractivity contribution in [2.75, 3.05) is 26.8 Å². The molecule has 1 aromatic heterocycles. The third-order valence-electron chi connectivity index (χ3n) is 5.18. The van der Waals surface area contributed by atoms with Crippen molar-refractivity contribution in [3.05, 3.63) is 47.3 Å². The van der Waals surface area contributed by atoms with Gasteiger partial charge in [0.05, 0.1) is 10.6 Å². The summed E-state index contributed by atoms with van der Waals surface area (Å²) in [6.45, 7) is 6.44. The number of hydrogen-bond acceptors (Lipinski definition) is 6. The molecule has 3 rings (SSSR count). The Bertz CT molecular complexity index is 847. The number of aryl methyl sites for hydroxylation is 2. The topological polar surface area (TPSA) is 84.7 Å². The summed E-state index contributed by atoms with van der Waals surface area (Å²) >= 11 is 0. The first-order valence-corrected chi connectivity index (χ1v) is 10.6. The summed E-state index contributed by atoms with van der Waals surface area (Å²) in [5.41, 5.74) is 1.40. The molecule has 0 bridgehead atoms. The van der Waals surface area contributed by atoms with Crippen LogP contribution >= 0.6 is 0 Å². The Hall–Kier alpha value is -1.74. The molecular formula is C19H27N3O4S. The van der Waals surface area contributed by atoms with Gasteiger partial charge in [-0.25, -0.2) is 13.1 Å². The van der Waals surface area contributed by atoms with E-state index in [2.05, 4.69) is 14.8 Å². The second-order valence-corrected chi connectivity index (χ2v) is 8.89. The summed E-state index contributed by atoms with van der Waals surface area (Å²) in [4.78, 5) is 2.53. The van der Waals surface area contributed by atoms with E-state index in [-0.39, 0.29) is 4.90 Å². The highest BCUT2D eigenvalue weighted by molar-refractivity contribution is 7.89. The summed E-state index contributed by atoms with van der Waals surface area (Å²) in [6, 6.07) is 8.50. The van der Waals surface area contributed by atoms with Gasteiger partial charge in [-0.1, -0.05) is 23.4 Å². The van der Waals surface area contributed by atoms with E-state index in [0.717, 1.165) is 30.0 Å². The predicted octanol–water partition coefficient (Wildman–Crippen LogP) is 2.25. The number of methoxy groups -OCH3 is 1. The van der Waals surface area contributed by atoms with E-state index in [9.17, 15) is 8.42 Å². The van der Waals surface area contributed by atoms with Gasteiger partial charge in [0, 0.05) is 44.5 Å². The number of hydrogen-bond donors (Lipinski definition) is 1. The molecule has 1 aliphatic rings. The van der Waals surface area contributed by atoms with Crippen LogP contribution in [-0.2, 0) is 21.3 Å². The van der Waals surface area contributed by atoms with Crippen molar-refractivity contribution in [2.45, 2.75) is 43.7 Å². The first-order valence-electron chi connectivity index (χ1n) is 9.07. The molecule has 2 aromatic rings. The van der Waals surface area contributed by atoms with Crippen molar-refractivity contribution >= 4 is 10.0 Å². The molecule has 0 spiro atoms. The average molecular weight is 394 g/mol. The largest absolute Gasteiger partial charge is 0.385 e. The van der Waals surface area contributed by atoms with Crippen LogP contribution in [0.5, 0.6) is 0 Å². The fraction of sp³-hybridized carbons (Fsp3) is 0.526. The van der Waals surface area contributed by atoms with Gasteiger partial charge in [0.1, 0.15) is 5.76 Å². The lowest BCUT2D eigenvalue weighted by molar-refractivity contribution is 0.161. The minimum atomic E-state index is -3.60. The number of likely N-dealkylation sites (tertiary alicyclic amines) is 1. The Labute approximate surface area is 160 Å². The second kappa shape index (κ2) is 8.10. The number of nitrogens with zero attached hydrogens (tertiary/aromatic N) is 2. The fourth-order valence-corrected chi connectivity index (χ4v) is 5.10. The van der Waals surface area contributed by atoms with Crippen LogP contribution in [0.2, 0.25) is 0 Å². The minimum Gasteiger partial charge on any atom is -0.385 e. The van der Waals surface area contributed by atoms with Gasteiger partial charge in [0.2, 0.25) is 10.0 Å². The SMILES string of the molecule is COCCC1(NS(=O)(=O)c2ccccc2)CCN(Cc2c(C)noc2C)C1. The molecular weight excluding hydrogens is 366 g/mol. The van der Waals surface area contributed by atoms with E-state index in [1.807, 2.05) is 13.8 Å². The molecule has 8 heteroatoms. The molecule has 1 aliphatic heterocycles. The number of rotatable bonds is 8. The Morgan fingerprint density at radius 3 is 2.67 bits per heavy atom. The molecule has 1 atom stereocenters. The normalized spacial score (nSPS) is 21.0. The van der Waals surface area contributed by atoms with Gasteiger partial charge in [-0.2, -0.15) is 0 Å². The molecule has 0 aliphatic carbocycles. The zero-order chi connectivity index (χ0) is 19.5. The second-order valence-electron chi connectivity index (χ2n) is 7.21. The predicted molar refractivity (Wildman–Crippen MR) is 102 cm³/mol. The van der Waals surface area contributed by atoms with E-state index in [0.29, 0.717) is 26.1 Å². The molecule has 1 fully saturated rings. The van der Waals surface area contributed by atoms with Gasteiger partial charge < -0.3 is 9.26 Å². The van der Waals surface area contributed by atoms with Crippen LogP contribution in [0.25, 0.3) is 0 Å². The summed E-state index contributed by atoms with van der Waals surface area (Å²) in [5, 5.41) is 4.01. The maximum Gasteiger partial charge on any atom is 0.241 e. The standard InChI is InChI=1S/C19H27N3O4S/c1-15-18(16(2)26-20-15)13-22-11-9-19(14-22,10-12-25-3)21-27(23,24)17-7-5-4-6-8-17/h4-8,21H,9-14H2,1-3H3. The molecule has 1 aromatic carbocycles. The van der Waals surface area contributed by atoms with Crippen molar-refractivity contribution in [3.63, 3.8) is 0 Å². The summed E-state index contributed by atoms with van der Waals surface area (Å²) < 4.78 is 39.3. The number of sulfonamides is 1. The molecule has 1 saturated heterocycles. The molecule has 27 heavy (non-hydrogen) atoms. The van der Waals surface area contributed by atoms with Crippen LogP contribution in [0.4, 0.5) is 0 Å². The third kappa shape index (κ3) is 4.57. The quantitative estimate of drug-likeness (QED) is 0.740. The van der Waals surface area contributed by atoms with E-state index in [4.69, 9.17) is 9.26 Å². The van der Waals surface area contributed by atoms with Crippen LogP contribution in [0, 0.1) is 13.8 Å². The van der Waals surface area contributed by atoms with Crippen LogP contribution in [-0.4, -0.2) is 50.8 Å². The highest BCUT2D eigenvalue weighted by atomic mass is 32.2. The Morgan fingerprint density at radius 2 is 2.04 bits per heavy atom. The Kier molecular flexibility index (Phi) is 6.00. The molecule has 1 unspecified atom stereocenters. The minimum absolute atomic E-state index is 0.283. The average Bonchev–Trinajstić information content (AvgIpc) is 3.19. The molecule has 2 heterocycles. The van der Waals surface area contributed by atoms with Crippen molar-refractivity contribution in [1.29, 1.82) is 0 Å². The van der Waals surface area contributed by atoms with E-state index < -0.39 is 15.6 Å². The Balaban J connectivity index is 1.78. The van der Waals surface area contributed by atoms with Gasteiger partial charge >= 0.3 is 0 Å². The van der Waals surface area contributed by atoms with Gasteiger partial charge in [0.25, 0.3) is 0 Å². The van der Waals surface area contributed by atoms with Crippen LogP contribution in [0.3, 0.4) is 0 Å².